The quantitative estimate of drug-likeness (QED) is 0.826. The number of amides is 1. The van der Waals surface area contributed by atoms with Crippen LogP contribution in [0.4, 0.5) is 0 Å². The summed E-state index contributed by atoms with van der Waals surface area (Å²) in [5.41, 5.74) is 2.25. The smallest absolute Gasteiger partial charge is 0.225 e. The van der Waals surface area contributed by atoms with E-state index in [0.29, 0.717) is 5.91 Å². The molecule has 3 heterocycles. The number of hydrogen-bond donors (Lipinski definition) is 0. The molecule has 0 atom stereocenters. The van der Waals surface area contributed by atoms with E-state index in [2.05, 4.69) is 51.4 Å². The van der Waals surface area contributed by atoms with E-state index >= 15 is 0 Å². The van der Waals surface area contributed by atoms with E-state index in [1.807, 2.05) is 6.07 Å². The number of carbonyl (C=O) groups excluding carboxylic acids is 1. The van der Waals surface area contributed by atoms with Gasteiger partial charge in [-0.2, -0.15) is 0 Å². The molecule has 2 aliphatic rings. The number of hydrogen-bond acceptors (Lipinski definition) is 4. The molecule has 2 fully saturated rings. The van der Waals surface area contributed by atoms with Crippen LogP contribution in [0.1, 0.15) is 25.6 Å². The van der Waals surface area contributed by atoms with Crippen LogP contribution >= 0.6 is 0 Å². The van der Waals surface area contributed by atoms with Crippen molar-refractivity contribution < 1.29 is 4.79 Å². The third-order valence-corrected chi connectivity index (χ3v) is 6.31. The first-order chi connectivity index (χ1) is 13.2. The van der Waals surface area contributed by atoms with Crippen molar-refractivity contribution >= 4 is 16.9 Å². The lowest BCUT2D eigenvalue weighted by molar-refractivity contribution is -0.138. The average Bonchev–Trinajstić information content (AvgIpc) is 3.04. The molecule has 1 aromatic heterocycles. The molecule has 2 saturated heterocycles. The average molecular weight is 370 g/mol. The molecular formula is C21H31N5O. The highest BCUT2D eigenvalue weighted by Gasteiger charge is 2.30. The number of benzene rings is 1. The van der Waals surface area contributed by atoms with Crippen molar-refractivity contribution in [2.24, 2.45) is 13.0 Å². The van der Waals surface area contributed by atoms with E-state index in [4.69, 9.17) is 4.98 Å². The molecule has 146 valence electrons. The molecule has 6 nitrogen and oxygen atoms in total. The fraction of sp³-hybridized carbons (Fsp3) is 0.619. The maximum Gasteiger partial charge on any atom is 0.225 e. The highest BCUT2D eigenvalue weighted by Crippen LogP contribution is 2.23. The molecule has 0 N–H and O–H groups in total. The highest BCUT2D eigenvalue weighted by molar-refractivity contribution is 5.79. The van der Waals surface area contributed by atoms with Crippen LogP contribution in [-0.4, -0.2) is 76.0 Å². The molecule has 1 aromatic carbocycles. The lowest BCUT2D eigenvalue weighted by atomic mass is 9.95. The standard InChI is InChI=1S/C21H31N5O/c1-3-24-12-14-26(15-13-24)21(27)17-8-10-25(11-9-17)16-20-22-18-6-4-5-7-19(18)23(20)2/h4-7,17H,3,8-16H2,1-2H3. The summed E-state index contributed by atoms with van der Waals surface area (Å²) in [6.45, 7) is 9.94. The Bertz CT molecular complexity index is 785. The van der Waals surface area contributed by atoms with Crippen molar-refractivity contribution in [2.75, 3.05) is 45.8 Å². The number of para-hydroxylation sites is 2. The van der Waals surface area contributed by atoms with Crippen LogP contribution < -0.4 is 0 Å². The predicted octanol–water partition coefficient (Wildman–Crippen LogP) is 1.95. The van der Waals surface area contributed by atoms with Gasteiger partial charge in [-0.05, 0) is 44.6 Å². The van der Waals surface area contributed by atoms with Crippen LogP contribution in [0.25, 0.3) is 11.0 Å². The van der Waals surface area contributed by atoms with Gasteiger partial charge in [0.25, 0.3) is 0 Å². The minimum absolute atomic E-state index is 0.204. The molecule has 6 heteroatoms. The summed E-state index contributed by atoms with van der Waals surface area (Å²) >= 11 is 0. The van der Waals surface area contributed by atoms with Gasteiger partial charge in [-0.1, -0.05) is 19.1 Å². The van der Waals surface area contributed by atoms with Crippen LogP contribution in [0.15, 0.2) is 24.3 Å². The van der Waals surface area contributed by atoms with Gasteiger partial charge in [0.2, 0.25) is 5.91 Å². The van der Waals surface area contributed by atoms with E-state index in [0.717, 1.165) is 76.5 Å². The van der Waals surface area contributed by atoms with Gasteiger partial charge in [0.1, 0.15) is 5.82 Å². The Labute approximate surface area is 161 Å². The first-order valence-corrected chi connectivity index (χ1v) is 10.3. The number of likely N-dealkylation sites (tertiary alicyclic amines) is 1. The molecule has 2 aliphatic heterocycles. The summed E-state index contributed by atoms with van der Waals surface area (Å²) in [6.07, 6.45) is 1.94. The number of rotatable bonds is 4. The largest absolute Gasteiger partial charge is 0.340 e. The Morgan fingerprint density at radius 2 is 1.74 bits per heavy atom. The molecule has 0 saturated carbocycles. The summed E-state index contributed by atoms with van der Waals surface area (Å²) in [4.78, 5) is 24.6. The molecule has 0 unspecified atom stereocenters. The van der Waals surface area contributed by atoms with Gasteiger partial charge in [-0.25, -0.2) is 4.98 Å². The third kappa shape index (κ3) is 3.87. The number of fused-ring (bicyclic) bond motifs is 1. The number of piperidine rings is 1. The SMILES string of the molecule is CCN1CCN(C(=O)C2CCN(Cc3nc4ccccc4n3C)CC2)CC1. The van der Waals surface area contributed by atoms with Gasteiger partial charge in [0, 0.05) is 39.1 Å². The second-order valence-electron chi connectivity index (χ2n) is 7.89. The second kappa shape index (κ2) is 7.98. The van der Waals surface area contributed by atoms with E-state index in [1.54, 1.807) is 0 Å². The maximum absolute atomic E-state index is 12.9. The molecule has 2 aromatic rings. The van der Waals surface area contributed by atoms with Gasteiger partial charge in [-0.3, -0.25) is 9.69 Å². The number of imidazole rings is 1. The molecule has 0 bridgehead atoms. The topological polar surface area (TPSA) is 44.6 Å². The van der Waals surface area contributed by atoms with E-state index in [-0.39, 0.29) is 5.92 Å². The predicted molar refractivity (Wildman–Crippen MR) is 107 cm³/mol. The Morgan fingerprint density at radius 3 is 2.41 bits per heavy atom. The molecule has 0 spiro atoms. The zero-order valence-electron chi connectivity index (χ0n) is 16.6. The van der Waals surface area contributed by atoms with Crippen LogP contribution in [0.3, 0.4) is 0 Å². The molecule has 4 rings (SSSR count). The maximum atomic E-state index is 12.9. The van der Waals surface area contributed by atoms with Crippen LogP contribution in [-0.2, 0) is 18.4 Å². The van der Waals surface area contributed by atoms with E-state index in [9.17, 15) is 4.79 Å². The zero-order chi connectivity index (χ0) is 18.8. The number of carbonyl (C=O) groups is 1. The van der Waals surface area contributed by atoms with Gasteiger partial charge in [0.15, 0.2) is 0 Å². The number of nitrogens with zero attached hydrogens (tertiary/aromatic N) is 5. The molecule has 0 aliphatic carbocycles. The molecule has 27 heavy (non-hydrogen) atoms. The second-order valence-corrected chi connectivity index (χ2v) is 7.89. The fourth-order valence-electron chi connectivity index (χ4n) is 4.42. The summed E-state index contributed by atoms with van der Waals surface area (Å²) in [5, 5.41) is 0. The molecule has 1 amide bonds. The zero-order valence-corrected chi connectivity index (χ0v) is 16.6. The third-order valence-electron chi connectivity index (χ3n) is 6.31. The number of aryl methyl sites for hydroxylation is 1. The van der Waals surface area contributed by atoms with E-state index in [1.165, 1.54) is 5.52 Å². The van der Waals surface area contributed by atoms with Crippen molar-refractivity contribution in [3.8, 4) is 0 Å². The first-order valence-electron chi connectivity index (χ1n) is 10.3. The van der Waals surface area contributed by atoms with Crippen molar-refractivity contribution in [1.29, 1.82) is 0 Å². The van der Waals surface area contributed by atoms with Crippen LogP contribution in [0.5, 0.6) is 0 Å². The summed E-state index contributed by atoms with van der Waals surface area (Å²) in [6, 6.07) is 8.29. The highest BCUT2D eigenvalue weighted by atomic mass is 16.2. The fourth-order valence-corrected chi connectivity index (χ4v) is 4.42. The number of aromatic nitrogens is 2. The lowest BCUT2D eigenvalue weighted by Crippen LogP contribution is -2.51. The van der Waals surface area contributed by atoms with Gasteiger partial charge in [-0.15, -0.1) is 0 Å². The Kier molecular flexibility index (Phi) is 5.45. The molecule has 0 radical (unpaired) electrons. The minimum atomic E-state index is 0.204. The van der Waals surface area contributed by atoms with Crippen LogP contribution in [0, 0.1) is 5.92 Å². The summed E-state index contributed by atoms with van der Waals surface area (Å²) in [7, 11) is 2.09. The van der Waals surface area contributed by atoms with Gasteiger partial charge in [0.05, 0.1) is 17.6 Å². The van der Waals surface area contributed by atoms with Crippen LogP contribution in [0.2, 0.25) is 0 Å². The van der Waals surface area contributed by atoms with Crippen molar-refractivity contribution in [3.63, 3.8) is 0 Å². The first kappa shape index (κ1) is 18.4. The van der Waals surface area contributed by atoms with E-state index < -0.39 is 0 Å². The van der Waals surface area contributed by atoms with Crippen molar-refractivity contribution in [3.05, 3.63) is 30.1 Å². The Morgan fingerprint density at radius 1 is 1.04 bits per heavy atom. The molecular weight excluding hydrogens is 338 g/mol. The Balaban J connectivity index is 1.31. The lowest BCUT2D eigenvalue weighted by Gasteiger charge is -2.38. The normalized spacial score (nSPS) is 20.4. The monoisotopic (exact) mass is 369 g/mol. The summed E-state index contributed by atoms with van der Waals surface area (Å²) in [5.74, 6) is 1.69. The number of piperazine rings is 1. The number of likely N-dealkylation sites (N-methyl/N-ethyl adjacent to an activating group) is 1. The van der Waals surface area contributed by atoms with Gasteiger partial charge >= 0.3 is 0 Å². The van der Waals surface area contributed by atoms with Gasteiger partial charge < -0.3 is 14.4 Å². The van der Waals surface area contributed by atoms with Crippen molar-refractivity contribution in [2.45, 2.75) is 26.3 Å². The Hall–Kier alpha value is -1.92. The summed E-state index contributed by atoms with van der Waals surface area (Å²) < 4.78 is 2.19. The minimum Gasteiger partial charge on any atom is -0.340 e. The van der Waals surface area contributed by atoms with Crippen molar-refractivity contribution in [1.82, 2.24) is 24.3 Å².